The summed E-state index contributed by atoms with van der Waals surface area (Å²) in [5, 5.41) is 14.8. The van der Waals surface area contributed by atoms with Gasteiger partial charge < -0.3 is 15.4 Å². The van der Waals surface area contributed by atoms with Crippen LogP contribution in [-0.4, -0.2) is 40.6 Å². The zero-order valence-electron chi connectivity index (χ0n) is 14.4. The van der Waals surface area contributed by atoms with Crippen LogP contribution in [-0.2, 0) is 16.1 Å². The van der Waals surface area contributed by atoms with E-state index in [1.54, 1.807) is 12.1 Å². The highest BCUT2D eigenvalue weighted by atomic mass is 32.2. The Morgan fingerprint density at radius 2 is 2.23 bits per heavy atom. The third-order valence-electron chi connectivity index (χ3n) is 3.94. The summed E-state index contributed by atoms with van der Waals surface area (Å²) in [4.78, 5) is 12.2. The van der Waals surface area contributed by atoms with Crippen LogP contribution in [0.2, 0.25) is 0 Å². The van der Waals surface area contributed by atoms with Crippen LogP contribution in [0.5, 0.6) is 0 Å². The van der Waals surface area contributed by atoms with Crippen molar-refractivity contribution in [1.82, 2.24) is 15.5 Å². The molecule has 2 unspecified atom stereocenters. The Balaban J connectivity index is 1.42. The highest BCUT2D eigenvalue weighted by Crippen LogP contribution is 2.29. The third-order valence-corrected chi connectivity index (χ3v) is 6.00. The Bertz CT molecular complexity index is 720. The standard InChI is InChI=1S/C17H21FN4O2S2/c1-11(15(23)19-9-12-4-6-13(18)7-5-12)25-17-22-21-16(26-17)20-10-14-3-2-8-24-14/h4-7,11,14H,2-3,8-10H2,1H3,(H,19,23)(H,20,21). The van der Waals surface area contributed by atoms with Crippen molar-refractivity contribution in [1.29, 1.82) is 0 Å². The van der Waals surface area contributed by atoms with Crippen LogP contribution >= 0.6 is 23.1 Å². The van der Waals surface area contributed by atoms with Crippen molar-refractivity contribution in [3.05, 3.63) is 35.6 Å². The predicted molar refractivity (Wildman–Crippen MR) is 101 cm³/mol. The second-order valence-corrected chi connectivity index (χ2v) is 8.56. The number of nitrogens with one attached hydrogen (secondary N) is 2. The van der Waals surface area contributed by atoms with Crippen molar-refractivity contribution >= 4 is 34.1 Å². The maximum Gasteiger partial charge on any atom is 0.233 e. The molecule has 2 heterocycles. The number of carbonyl (C=O) groups is 1. The van der Waals surface area contributed by atoms with E-state index in [1.807, 2.05) is 6.92 Å². The lowest BCUT2D eigenvalue weighted by molar-refractivity contribution is -0.120. The Hall–Kier alpha value is -1.71. The molecule has 1 amide bonds. The summed E-state index contributed by atoms with van der Waals surface area (Å²) in [5.41, 5.74) is 0.855. The number of amides is 1. The molecule has 6 nitrogen and oxygen atoms in total. The molecule has 1 aliphatic heterocycles. The number of benzene rings is 1. The van der Waals surface area contributed by atoms with Gasteiger partial charge in [0.15, 0.2) is 4.34 Å². The first-order chi connectivity index (χ1) is 12.6. The summed E-state index contributed by atoms with van der Waals surface area (Å²) >= 11 is 2.80. The fourth-order valence-corrected chi connectivity index (χ4v) is 4.40. The van der Waals surface area contributed by atoms with E-state index in [9.17, 15) is 9.18 Å². The number of hydrogen-bond donors (Lipinski definition) is 2. The van der Waals surface area contributed by atoms with Gasteiger partial charge in [-0.3, -0.25) is 4.79 Å². The molecule has 1 aromatic heterocycles. The summed E-state index contributed by atoms with van der Waals surface area (Å²) in [6.07, 6.45) is 2.42. The van der Waals surface area contributed by atoms with E-state index in [2.05, 4.69) is 20.8 Å². The van der Waals surface area contributed by atoms with Crippen LogP contribution in [0.25, 0.3) is 0 Å². The van der Waals surface area contributed by atoms with E-state index < -0.39 is 0 Å². The van der Waals surface area contributed by atoms with Gasteiger partial charge in [0.1, 0.15) is 5.82 Å². The van der Waals surface area contributed by atoms with Crippen molar-refractivity contribution < 1.29 is 13.9 Å². The Kier molecular flexibility index (Phi) is 6.81. The largest absolute Gasteiger partial charge is 0.376 e. The Morgan fingerprint density at radius 3 is 2.96 bits per heavy atom. The van der Waals surface area contributed by atoms with Gasteiger partial charge in [-0.1, -0.05) is 35.2 Å². The minimum atomic E-state index is -0.297. The molecule has 2 atom stereocenters. The number of thioether (sulfide) groups is 1. The quantitative estimate of drug-likeness (QED) is 0.668. The topological polar surface area (TPSA) is 76.1 Å². The van der Waals surface area contributed by atoms with Crippen LogP contribution in [0.15, 0.2) is 28.6 Å². The van der Waals surface area contributed by atoms with Crippen molar-refractivity contribution in [2.75, 3.05) is 18.5 Å². The second-order valence-electron chi connectivity index (χ2n) is 5.99. The summed E-state index contributed by atoms with van der Waals surface area (Å²) < 4.78 is 19.2. The van der Waals surface area contributed by atoms with E-state index in [1.165, 1.54) is 35.2 Å². The van der Waals surface area contributed by atoms with Crippen molar-refractivity contribution in [2.24, 2.45) is 0 Å². The smallest absolute Gasteiger partial charge is 0.233 e. The number of halogens is 1. The summed E-state index contributed by atoms with van der Waals surface area (Å²) in [5.74, 6) is -0.382. The van der Waals surface area contributed by atoms with Crippen LogP contribution in [0.1, 0.15) is 25.3 Å². The van der Waals surface area contributed by atoms with Gasteiger partial charge in [0, 0.05) is 19.7 Å². The molecule has 0 aliphatic carbocycles. The molecule has 3 rings (SSSR count). The number of ether oxygens (including phenoxy) is 1. The molecule has 0 bridgehead atoms. The molecule has 140 valence electrons. The maximum absolute atomic E-state index is 12.9. The molecule has 1 aromatic carbocycles. The lowest BCUT2D eigenvalue weighted by atomic mass is 10.2. The molecular weight excluding hydrogens is 375 g/mol. The van der Waals surface area contributed by atoms with Crippen LogP contribution in [0.3, 0.4) is 0 Å². The van der Waals surface area contributed by atoms with Crippen molar-refractivity contribution in [3.8, 4) is 0 Å². The highest BCUT2D eigenvalue weighted by molar-refractivity contribution is 8.02. The van der Waals surface area contributed by atoms with Crippen molar-refractivity contribution in [3.63, 3.8) is 0 Å². The molecular formula is C17H21FN4O2S2. The van der Waals surface area contributed by atoms with Gasteiger partial charge in [-0.2, -0.15) is 0 Å². The van der Waals surface area contributed by atoms with E-state index in [0.29, 0.717) is 6.54 Å². The molecule has 1 saturated heterocycles. The van der Waals surface area contributed by atoms with E-state index in [-0.39, 0.29) is 23.1 Å². The minimum absolute atomic E-state index is 0.0941. The van der Waals surface area contributed by atoms with Crippen LogP contribution in [0.4, 0.5) is 9.52 Å². The molecule has 2 N–H and O–H groups in total. The van der Waals surface area contributed by atoms with E-state index in [4.69, 9.17) is 4.74 Å². The third kappa shape index (κ3) is 5.65. The first-order valence-electron chi connectivity index (χ1n) is 8.48. The van der Waals surface area contributed by atoms with Gasteiger partial charge >= 0.3 is 0 Å². The predicted octanol–water partition coefficient (Wildman–Crippen LogP) is 3.07. The summed E-state index contributed by atoms with van der Waals surface area (Å²) in [6, 6.07) is 6.08. The van der Waals surface area contributed by atoms with Crippen LogP contribution < -0.4 is 10.6 Å². The maximum atomic E-state index is 12.9. The lowest BCUT2D eigenvalue weighted by Gasteiger charge is -2.10. The fraction of sp³-hybridized carbons (Fsp3) is 0.471. The molecule has 0 saturated carbocycles. The molecule has 0 radical (unpaired) electrons. The zero-order valence-corrected chi connectivity index (χ0v) is 16.0. The lowest BCUT2D eigenvalue weighted by Crippen LogP contribution is -2.30. The van der Waals surface area contributed by atoms with Gasteiger partial charge in [0.2, 0.25) is 11.0 Å². The average Bonchev–Trinajstić information content (AvgIpc) is 3.31. The SMILES string of the molecule is CC(Sc1nnc(NCC2CCCO2)s1)C(=O)NCc1ccc(F)cc1. The summed E-state index contributed by atoms with van der Waals surface area (Å²) in [6.45, 7) is 3.75. The normalized spacial score (nSPS) is 17.8. The summed E-state index contributed by atoms with van der Waals surface area (Å²) in [7, 11) is 0. The number of nitrogens with zero attached hydrogens (tertiary/aromatic N) is 2. The molecule has 26 heavy (non-hydrogen) atoms. The van der Waals surface area contributed by atoms with Gasteiger partial charge in [-0.15, -0.1) is 10.2 Å². The minimum Gasteiger partial charge on any atom is -0.376 e. The number of aromatic nitrogens is 2. The highest BCUT2D eigenvalue weighted by Gasteiger charge is 2.18. The average molecular weight is 397 g/mol. The van der Waals surface area contributed by atoms with Gasteiger partial charge in [-0.05, 0) is 37.5 Å². The fourth-order valence-electron chi connectivity index (χ4n) is 2.48. The Labute approximate surface area is 159 Å². The second kappa shape index (κ2) is 9.29. The molecule has 1 fully saturated rings. The number of anilines is 1. The van der Waals surface area contributed by atoms with Crippen molar-refractivity contribution in [2.45, 2.75) is 42.0 Å². The monoisotopic (exact) mass is 396 g/mol. The molecule has 0 spiro atoms. The van der Waals surface area contributed by atoms with Crippen LogP contribution in [0, 0.1) is 5.82 Å². The first kappa shape index (κ1) is 19.1. The zero-order chi connectivity index (χ0) is 18.4. The number of rotatable bonds is 8. The van der Waals surface area contributed by atoms with E-state index in [0.717, 1.165) is 41.0 Å². The van der Waals surface area contributed by atoms with Gasteiger partial charge in [0.05, 0.1) is 11.4 Å². The first-order valence-corrected chi connectivity index (χ1v) is 10.2. The van der Waals surface area contributed by atoms with E-state index >= 15 is 0 Å². The Morgan fingerprint density at radius 1 is 1.42 bits per heavy atom. The molecule has 9 heteroatoms. The number of carbonyl (C=O) groups excluding carboxylic acids is 1. The molecule has 2 aromatic rings. The number of hydrogen-bond acceptors (Lipinski definition) is 7. The van der Waals surface area contributed by atoms with Gasteiger partial charge in [0.25, 0.3) is 0 Å². The van der Waals surface area contributed by atoms with Gasteiger partial charge in [-0.25, -0.2) is 4.39 Å². The molecule has 1 aliphatic rings.